The first-order valence-electron chi connectivity index (χ1n) is 10.3. The number of rotatable bonds is 8. The number of hydrogen-bond acceptors (Lipinski definition) is 7. The molecule has 0 aliphatic carbocycles. The first-order chi connectivity index (χ1) is 15.0. The van der Waals surface area contributed by atoms with E-state index in [0.717, 1.165) is 24.1 Å². The van der Waals surface area contributed by atoms with Crippen LogP contribution in [0.2, 0.25) is 0 Å². The molecule has 3 rings (SSSR count). The van der Waals surface area contributed by atoms with Crippen molar-refractivity contribution in [3.8, 4) is 23.0 Å². The Labute approximate surface area is 183 Å². The summed E-state index contributed by atoms with van der Waals surface area (Å²) >= 11 is 0. The molecule has 2 atom stereocenters. The van der Waals surface area contributed by atoms with Crippen molar-refractivity contribution in [3.63, 3.8) is 0 Å². The lowest BCUT2D eigenvalue weighted by atomic mass is 9.87. The van der Waals surface area contributed by atoms with Crippen LogP contribution in [0.4, 0.5) is 0 Å². The topological polar surface area (TPSA) is 66.5 Å². The van der Waals surface area contributed by atoms with Crippen LogP contribution in [0.25, 0.3) is 0 Å². The molecule has 31 heavy (non-hydrogen) atoms. The molecule has 1 aliphatic heterocycles. The molecular weight excluding hydrogens is 398 g/mol. The van der Waals surface area contributed by atoms with E-state index in [2.05, 4.69) is 4.90 Å². The van der Waals surface area contributed by atoms with Crippen molar-refractivity contribution in [2.24, 2.45) is 0 Å². The first kappa shape index (κ1) is 22.7. The zero-order valence-corrected chi connectivity index (χ0v) is 19.1. The minimum Gasteiger partial charge on any atom is -0.493 e. The highest BCUT2D eigenvalue weighted by atomic mass is 16.5. The second kappa shape index (κ2) is 9.92. The Morgan fingerprint density at radius 2 is 1.55 bits per heavy atom. The smallest absolute Gasteiger partial charge is 0.322 e. The molecule has 7 nitrogen and oxygen atoms in total. The summed E-state index contributed by atoms with van der Waals surface area (Å²) in [6.07, 6.45) is 1.49. The Balaban J connectivity index is 2.06. The third-order valence-corrected chi connectivity index (χ3v) is 5.96. The number of nitrogens with zero attached hydrogens (tertiary/aromatic N) is 1. The van der Waals surface area contributed by atoms with E-state index in [-0.39, 0.29) is 18.1 Å². The van der Waals surface area contributed by atoms with Gasteiger partial charge < -0.3 is 23.7 Å². The fraction of sp³-hybridized carbons (Fsp3) is 0.458. The quantitative estimate of drug-likeness (QED) is 0.596. The van der Waals surface area contributed by atoms with Crippen molar-refractivity contribution in [3.05, 3.63) is 47.0 Å². The summed E-state index contributed by atoms with van der Waals surface area (Å²) in [7, 11) is 7.94. The molecule has 0 fully saturated rings. The number of carbonyl (C=O) groups excluding carboxylic acids is 1. The number of benzene rings is 2. The van der Waals surface area contributed by atoms with E-state index in [0.29, 0.717) is 29.4 Å². The van der Waals surface area contributed by atoms with E-state index in [9.17, 15) is 4.79 Å². The van der Waals surface area contributed by atoms with Gasteiger partial charge >= 0.3 is 5.97 Å². The van der Waals surface area contributed by atoms with Crippen LogP contribution >= 0.6 is 0 Å². The maximum atomic E-state index is 12.4. The maximum absolute atomic E-state index is 12.4. The highest BCUT2D eigenvalue weighted by Crippen LogP contribution is 2.41. The standard InChI is InChI=1S/C24H31NO6/c1-15(24(26)31-6)25-10-9-17-13-22(29-4)23(30-5)14-18(17)19(25)11-16-7-8-20(27-2)21(12-16)28-3/h7-8,12-15,19H,9-11H2,1-6H3. The Hall–Kier alpha value is -2.93. The van der Waals surface area contributed by atoms with Gasteiger partial charge in [0.25, 0.3) is 0 Å². The third-order valence-electron chi connectivity index (χ3n) is 5.96. The van der Waals surface area contributed by atoms with E-state index in [4.69, 9.17) is 23.7 Å². The van der Waals surface area contributed by atoms with Gasteiger partial charge in [0.1, 0.15) is 6.04 Å². The minimum atomic E-state index is -0.378. The molecule has 2 aromatic carbocycles. The monoisotopic (exact) mass is 429 g/mol. The zero-order valence-electron chi connectivity index (χ0n) is 19.1. The first-order valence-corrected chi connectivity index (χ1v) is 10.3. The minimum absolute atomic E-state index is 0.0456. The predicted octanol–water partition coefficient (Wildman–Crippen LogP) is 3.42. The number of ether oxygens (including phenoxy) is 5. The van der Waals surface area contributed by atoms with Gasteiger partial charge in [-0.3, -0.25) is 9.69 Å². The Morgan fingerprint density at radius 3 is 2.16 bits per heavy atom. The van der Waals surface area contributed by atoms with E-state index in [1.54, 1.807) is 28.4 Å². The van der Waals surface area contributed by atoms with Gasteiger partial charge in [-0.15, -0.1) is 0 Å². The van der Waals surface area contributed by atoms with Crippen LogP contribution in [-0.4, -0.2) is 59.0 Å². The molecule has 0 spiro atoms. The molecule has 1 heterocycles. The van der Waals surface area contributed by atoms with Crippen molar-refractivity contribution in [2.75, 3.05) is 42.1 Å². The molecule has 2 unspecified atom stereocenters. The number of esters is 1. The van der Waals surface area contributed by atoms with Gasteiger partial charge in [0, 0.05) is 12.6 Å². The molecule has 2 aromatic rings. The van der Waals surface area contributed by atoms with Gasteiger partial charge in [0.2, 0.25) is 0 Å². The average Bonchev–Trinajstić information content (AvgIpc) is 2.82. The normalized spacial score (nSPS) is 16.8. The van der Waals surface area contributed by atoms with Crippen LogP contribution < -0.4 is 18.9 Å². The summed E-state index contributed by atoms with van der Waals surface area (Å²) in [4.78, 5) is 14.6. The number of methoxy groups -OCH3 is 5. The van der Waals surface area contributed by atoms with E-state index >= 15 is 0 Å². The van der Waals surface area contributed by atoms with Gasteiger partial charge in [0.15, 0.2) is 23.0 Å². The summed E-state index contributed by atoms with van der Waals surface area (Å²) < 4.78 is 27.0. The molecule has 0 bridgehead atoms. The molecule has 0 radical (unpaired) electrons. The van der Waals surface area contributed by atoms with E-state index in [1.165, 1.54) is 12.7 Å². The molecular formula is C24H31NO6. The highest BCUT2D eigenvalue weighted by Gasteiger charge is 2.35. The Bertz CT molecular complexity index is 929. The fourth-order valence-corrected chi connectivity index (χ4v) is 4.28. The largest absolute Gasteiger partial charge is 0.493 e. The molecule has 7 heteroatoms. The summed E-state index contributed by atoms with van der Waals surface area (Å²) in [6, 6.07) is 9.55. The summed E-state index contributed by atoms with van der Waals surface area (Å²) in [5, 5.41) is 0. The SMILES string of the molecule is COC(=O)C(C)N1CCc2cc(OC)c(OC)cc2C1Cc1ccc(OC)c(OC)c1. The molecule has 1 aliphatic rings. The average molecular weight is 430 g/mol. The van der Waals surface area contributed by atoms with Crippen molar-refractivity contribution >= 4 is 5.97 Å². The summed E-state index contributed by atoms with van der Waals surface area (Å²) in [6.45, 7) is 2.62. The van der Waals surface area contributed by atoms with Crippen LogP contribution in [-0.2, 0) is 22.4 Å². The van der Waals surface area contributed by atoms with Crippen LogP contribution in [0.15, 0.2) is 30.3 Å². The summed E-state index contributed by atoms with van der Waals surface area (Å²) in [5.41, 5.74) is 3.39. The second-order valence-electron chi connectivity index (χ2n) is 7.50. The van der Waals surface area contributed by atoms with Crippen LogP contribution in [0.3, 0.4) is 0 Å². The molecule has 0 saturated carbocycles. The lowest BCUT2D eigenvalue weighted by Gasteiger charge is -2.40. The van der Waals surface area contributed by atoms with Gasteiger partial charge in [-0.25, -0.2) is 0 Å². The fourth-order valence-electron chi connectivity index (χ4n) is 4.28. The molecule has 168 valence electrons. The lowest BCUT2D eigenvalue weighted by molar-refractivity contribution is -0.147. The second-order valence-corrected chi connectivity index (χ2v) is 7.50. The lowest BCUT2D eigenvalue weighted by Crippen LogP contribution is -2.46. The van der Waals surface area contributed by atoms with Gasteiger partial charge in [0.05, 0.1) is 35.5 Å². The zero-order chi connectivity index (χ0) is 22.5. The van der Waals surface area contributed by atoms with Gasteiger partial charge in [-0.1, -0.05) is 6.07 Å². The van der Waals surface area contributed by atoms with Crippen molar-refractivity contribution in [1.82, 2.24) is 4.90 Å². The number of fused-ring (bicyclic) bond motifs is 1. The van der Waals surface area contributed by atoms with Gasteiger partial charge in [-0.2, -0.15) is 0 Å². The predicted molar refractivity (Wildman–Crippen MR) is 117 cm³/mol. The molecule has 0 N–H and O–H groups in total. The van der Waals surface area contributed by atoms with Crippen LogP contribution in [0, 0.1) is 0 Å². The molecule has 0 saturated heterocycles. The van der Waals surface area contributed by atoms with Crippen molar-refractivity contribution in [1.29, 1.82) is 0 Å². The van der Waals surface area contributed by atoms with Crippen LogP contribution in [0.1, 0.15) is 29.7 Å². The number of carbonyl (C=O) groups is 1. The maximum Gasteiger partial charge on any atom is 0.322 e. The Kier molecular flexibility index (Phi) is 7.28. The van der Waals surface area contributed by atoms with E-state index in [1.807, 2.05) is 37.3 Å². The highest BCUT2D eigenvalue weighted by molar-refractivity contribution is 5.75. The van der Waals surface area contributed by atoms with Gasteiger partial charge in [-0.05, 0) is 60.7 Å². The summed E-state index contributed by atoms with van der Waals surface area (Å²) in [5.74, 6) is 2.49. The van der Waals surface area contributed by atoms with Crippen molar-refractivity contribution in [2.45, 2.75) is 31.8 Å². The van der Waals surface area contributed by atoms with Crippen LogP contribution in [0.5, 0.6) is 23.0 Å². The molecule has 0 amide bonds. The third kappa shape index (κ3) is 4.56. The van der Waals surface area contributed by atoms with E-state index < -0.39 is 0 Å². The van der Waals surface area contributed by atoms with Crippen molar-refractivity contribution < 1.29 is 28.5 Å². The Morgan fingerprint density at radius 1 is 0.935 bits per heavy atom. The number of hydrogen-bond donors (Lipinski definition) is 0. The molecule has 0 aromatic heterocycles.